The number of aromatic nitrogens is 1. The van der Waals surface area contributed by atoms with Gasteiger partial charge < -0.3 is 19.9 Å². The third-order valence-corrected chi connectivity index (χ3v) is 6.96. The van der Waals surface area contributed by atoms with Gasteiger partial charge in [-0.3, -0.25) is 15.1 Å². The lowest BCUT2D eigenvalue weighted by molar-refractivity contribution is -0.139. The zero-order valence-electron chi connectivity index (χ0n) is 23.3. The Morgan fingerprint density at radius 1 is 0.902 bits per heavy atom. The molecule has 4 rings (SSSR count). The third kappa shape index (κ3) is 7.82. The van der Waals surface area contributed by atoms with Crippen molar-refractivity contribution in [1.29, 1.82) is 0 Å². The van der Waals surface area contributed by atoms with Gasteiger partial charge in [0, 0.05) is 23.4 Å². The number of benzene rings is 3. The molecule has 0 aliphatic heterocycles. The number of halogens is 1. The maximum atomic E-state index is 14.0. The van der Waals surface area contributed by atoms with E-state index in [1.54, 1.807) is 12.1 Å². The topological polar surface area (TPSA) is 104 Å². The predicted molar refractivity (Wildman–Crippen MR) is 158 cm³/mol. The first-order valence-electron chi connectivity index (χ1n) is 13.8. The number of rotatable bonds is 14. The van der Waals surface area contributed by atoms with Crippen LogP contribution in [0, 0.1) is 5.82 Å². The maximum Gasteiger partial charge on any atom is 0.305 e. The number of aliphatic carboxylic acids is 1. The number of nitrogens with one attached hydrogen (secondary N) is 1. The maximum absolute atomic E-state index is 14.0. The number of hydrogen-bond acceptors (Lipinski definition) is 5. The van der Waals surface area contributed by atoms with E-state index in [1.165, 1.54) is 12.1 Å². The summed E-state index contributed by atoms with van der Waals surface area (Å²) in [6.07, 6.45) is -2.23. The number of aliphatic hydroxyl groups is 2. The van der Waals surface area contributed by atoms with E-state index < -0.39 is 24.6 Å². The molecule has 0 radical (unpaired) electrons. The Balaban J connectivity index is 1.79. The van der Waals surface area contributed by atoms with Crippen molar-refractivity contribution in [3.05, 3.63) is 102 Å². The fourth-order valence-corrected chi connectivity index (χ4v) is 5.24. The lowest BCUT2D eigenvalue weighted by Crippen LogP contribution is -2.22. The van der Waals surface area contributed by atoms with Crippen LogP contribution in [0.4, 0.5) is 10.1 Å². The first kappa shape index (κ1) is 30.0. The number of anilines is 1. The fourth-order valence-electron chi connectivity index (χ4n) is 5.24. The van der Waals surface area contributed by atoms with Gasteiger partial charge in [0.1, 0.15) is 12.4 Å². The van der Waals surface area contributed by atoms with Gasteiger partial charge in [0.25, 0.3) is 0 Å². The molecule has 8 heteroatoms. The third-order valence-electron chi connectivity index (χ3n) is 6.96. The second kappa shape index (κ2) is 14.1. The van der Waals surface area contributed by atoms with Crippen molar-refractivity contribution >= 4 is 11.7 Å². The summed E-state index contributed by atoms with van der Waals surface area (Å²) < 4.78 is 16.1. The van der Waals surface area contributed by atoms with Crippen LogP contribution in [0.25, 0.3) is 22.4 Å². The number of carboxylic acids is 1. The van der Waals surface area contributed by atoms with Gasteiger partial charge in [-0.1, -0.05) is 62.4 Å². The number of hydrogen-bond donors (Lipinski definition) is 4. The highest BCUT2D eigenvalue weighted by molar-refractivity contribution is 5.86. The SMILES string of the molecule is CC(C)c1c(CONc2ccccc2)c(-c2ccccc2)c(-c2ccc(F)cc2)n1CCC(O)CC(O)CC(=O)O. The molecule has 7 nitrogen and oxygen atoms in total. The molecular weight excluding hydrogens is 523 g/mol. The standard InChI is InChI=1S/C33H37FN2O5/c1-22(2)32-29(21-41-35-26-11-7-4-8-12-26)31(23-9-5-3-6-10-23)33(24-13-15-25(34)16-14-24)36(32)18-17-27(37)19-28(38)20-30(39)40/h3-16,22,27-28,35,37-38H,17-21H2,1-2H3,(H,39,40). The van der Waals surface area contributed by atoms with E-state index in [0.29, 0.717) is 6.54 Å². The molecule has 0 amide bonds. The Morgan fingerprint density at radius 3 is 2.15 bits per heavy atom. The Kier molecular flexibility index (Phi) is 10.3. The average Bonchev–Trinajstić information content (AvgIpc) is 3.27. The van der Waals surface area contributed by atoms with Crippen LogP contribution < -0.4 is 5.48 Å². The van der Waals surface area contributed by atoms with Crippen molar-refractivity contribution in [3.63, 3.8) is 0 Å². The Bertz CT molecular complexity index is 1410. The van der Waals surface area contributed by atoms with Gasteiger partial charge in [0.2, 0.25) is 0 Å². The molecule has 0 aliphatic carbocycles. The van der Waals surface area contributed by atoms with Crippen LogP contribution in [0.3, 0.4) is 0 Å². The van der Waals surface area contributed by atoms with Gasteiger partial charge in [0.15, 0.2) is 0 Å². The Hall–Kier alpha value is -3.98. The molecule has 4 N–H and O–H groups in total. The molecule has 2 unspecified atom stereocenters. The minimum absolute atomic E-state index is 0.0427. The summed E-state index contributed by atoms with van der Waals surface area (Å²) in [6, 6.07) is 25.9. The molecule has 0 spiro atoms. The monoisotopic (exact) mass is 560 g/mol. The highest BCUT2D eigenvalue weighted by Crippen LogP contribution is 2.42. The van der Waals surface area contributed by atoms with E-state index in [-0.39, 0.29) is 31.2 Å². The molecule has 2 atom stereocenters. The minimum atomic E-state index is -1.14. The van der Waals surface area contributed by atoms with Crippen molar-refractivity contribution < 1.29 is 29.3 Å². The normalized spacial score (nSPS) is 12.8. The molecule has 3 aromatic carbocycles. The molecule has 41 heavy (non-hydrogen) atoms. The summed E-state index contributed by atoms with van der Waals surface area (Å²) in [5, 5.41) is 29.8. The van der Waals surface area contributed by atoms with Gasteiger partial charge in [-0.25, -0.2) is 4.39 Å². The molecule has 0 saturated carbocycles. The summed E-state index contributed by atoms with van der Waals surface area (Å²) in [4.78, 5) is 17.0. The highest BCUT2D eigenvalue weighted by atomic mass is 19.1. The molecular formula is C33H37FN2O5. The first-order chi connectivity index (χ1) is 19.7. The zero-order chi connectivity index (χ0) is 29.4. The molecule has 0 fully saturated rings. The van der Waals surface area contributed by atoms with E-state index >= 15 is 0 Å². The van der Waals surface area contributed by atoms with Crippen LogP contribution in [0.1, 0.15) is 50.3 Å². The quantitative estimate of drug-likeness (QED) is 0.130. The number of para-hydroxylation sites is 1. The Morgan fingerprint density at radius 2 is 1.54 bits per heavy atom. The first-order valence-corrected chi connectivity index (χ1v) is 13.8. The number of carbonyl (C=O) groups is 1. The molecule has 0 saturated heterocycles. The van der Waals surface area contributed by atoms with Gasteiger partial charge in [-0.05, 0) is 66.3 Å². The molecule has 0 aliphatic rings. The lowest BCUT2D eigenvalue weighted by atomic mass is 9.95. The largest absolute Gasteiger partial charge is 0.481 e. The lowest BCUT2D eigenvalue weighted by Gasteiger charge is -2.20. The van der Waals surface area contributed by atoms with Crippen molar-refractivity contribution in [2.45, 2.75) is 64.4 Å². The van der Waals surface area contributed by atoms with Crippen LogP contribution in [0.15, 0.2) is 84.9 Å². The van der Waals surface area contributed by atoms with E-state index in [0.717, 1.165) is 39.3 Å². The summed E-state index contributed by atoms with van der Waals surface area (Å²) >= 11 is 0. The molecule has 0 bridgehead atoms. The van der Waals surface area contributed by atoms with Gasteiger partial charge in [-0.2, -0.15) is 0 Å². The van der Waals surface area contributed by atoms with Crippen molar-refractivity contribution in [3.8, 4) is 22.4 Å². The predicted octanol–water partition coefficient (Wildman–Crippen LogP) is 6.61. The van der Waals surface area contributed by atoms with Crippen molar-refractivity contribution in [2.24, 2.45) is 0 Å². The van der Waals surface area contributed by atoms with Crippen LogP contribution in [0.5, 0.6) is 0 Å². The Labute approximate surface area is 239 Å². The van der Waals surface area contributed by atoms with Crippen LogP contribution >= 0.6 is 0 Å². The van der Waals surface area contributed by atoms with E-state index in [2.05, 4.69) is 23.9 Å². The summed E-state index contributed by atoms with van der Waals surface area (Å²) in [5.41, 5.74) is 9.44. The smallest absolute Gasteiger partial charge is 0.305 e. The molecule has 4 aromatic rings. The number of aliphatic hydroxyl groups excluding tert-OH is 2. The second-order valence-corrected chi connectivity index (χ2v) is 10.5. The van der Waals surface area contributed by atoms with Gasteiger partial charge in [0.05, 0.1) is 30.0 Å². The molecule has 216 valence electrons. The highest BCUT2D eigenvalue weighted by Gasteiger charge is 2.27. The fraction of sp³-hybridized carbons (Fsp3) is 0.303. The van der Waals surface area contributed by atoms with Crippen molar-refractivity contribution in [2.75, 3.05) is 5.48 Å². The summed E-state index contributed by atoms with van der Waals surface area (Å²) in [5.74, 6) is -1.38. The summed E-state index contributed by atoms with van der Waals surface area (Å²) in [7, 11) is 0. The van der Waals surface area contributed by atoms with Gasteiger partial charge in [-0.15, -0.1) is 0 Å². The average molecular weight is 561 g/mol. The van der Waals surface area contributed by atoms with Crippen LogP contribution in [-0.4, -0.2) is 38.1 Å². The summed E-state index contributed by atoms with van der Waals surface area (Å²) in [6.45, 7) is 4.83. The molecule has 1 heterocycles. The molecule has 1 aromatic heterocycles. The van der Waals surface area contributed by atoms with E-state index in [4.69, 9.17) is 9.94 Å². The minimum Gasteiger partial charge on any atom is -0.481 e. The van der Waals surface area contributed by atoms with Crippen molar-refractivity contribution in [1.82, 2.24) is 4.57 Å². The number of carboxylic acid groups (broad SMARTS) is 1. The zero-order valence-corrected chi connectivity index (χ0v) is 23.3. The van der Waals surface area contributed by atoms with E-state index in [1.807, 2.05) is 60.7 Å². The van der Waals surface area contributed by atoms with E-state index in [9.17, 15) is 19.4 Å². The number of nitrogens with zero attached hydrogens (tertiary/aromatic N) is 1. The van der Waals surface area contributed by atoms with Gasteiger partial charge >= 0.3 is 5.97 Å². The van der Waals surface area contributed by atoms with Crippen LogP contribution in [0.2, 0.25) is 0 Å². The second-order valence-electron chi connectivity index (χ2n) is 10.5. The van der Waals surface area contributed by atoms with Crippen LogP contribution in [-0.2, 0) is 22.8 Å².